The van der Waals surface area contributed by atoms with Crippen LogP contribution in [0.15, 0.2) is 96.1 Å². The molecule has 0 saturated carbocycles. The Bertz CT molecular complexity index is 1460. The summed E-state index contributed by atoms with van der Waals surface area (Å²) in [6, 6.07) is 25.5. The average Bonchev–Trinajstić information content (AvgIpc) is 2.94. The zero-order valence-corrected chi connectivity index (χ0v) is 21.7. The number of benzene rings is 4. The Labute approximate surface area is 229 Å². The van der Waals surface area contributed by atoms with E-state index in [-0.39, 0.29) is 22.2 Å². The maximum absolute atomic E-state index is 12.5. The molecule has 9 heteroatoms. The highest BCUT2D eigenvalue weighted by Gasteiger charge is 2.15. The van der Waals surface area contributed by atoms with Crippen molar-refractivity contribution in [2.45, 2.75) is 6.61 Å². The molecule has 0 fully saturated rings. The van der Waals surface area contributed by atoms with Gasteiger partial charge in [-0.1, -0.05) is 47.5 Å². The highest BCUT2D eigenvalue weighted by Crippen LogP contribution is 2.29. The van der Waals surface area contributed by atoms with Crippen molar-refractivity contribution in [3.8, 4) is 17.2 Å². The van der Waals surface area contributed by atoms with Crippen molar-refractivity contribution in [1.29, 1.82) is 0 Å². The third-order valence-electron chi connectivity index (χ3n) is 5.30. The van der Waals surface area contributed by atoms with Crippen molar-refractivity contribution in [1.82, 2.24) is 5.43 Å². The summed E-state index contributed by atoms with van der Waals surface area (Å²) in [6.45, 7) is 0.383. The molecule has 0 radical (unpaired) electrons. The summed E-state index contributed by atoms with van der Waals surface area (Å²) in [4.78, 5) is 24.9. The van der Waals surface area contributed by atoms with Crippen LogP contribution in [0.1, 0.15) is 31.8 Å². The zero-order valence-electron chi connectivity index (χ0n) is 20.2. The molecule has 4 rings (SSSR count). The van der Waals surface area contributed by atoms with Crippen molar-refractivity contribution in [3.05, 3.63) is 123 Å². The van der Waals surface area contributed by atoms with Gasteiger partial charge in [0.2, 0.25) is 0 Å². The molecule has 0 aliphatic rings. The first-order chi connectivity index (χ1) is 18.4. The number of esters is 1. The normalized spacial score (nSPS) is 10.7. The maximum Gasteiger partial charge on any atom is 0.345 e. The number of rotatable bonds is 9. The topological polar surface area (TPSA) is 86.2 Å². The van der Waals surface area contributed by atoms with Crippen LogP contribution in [0.5, 0.6) is 17.2 Å². The lowest BCUT2D eigenvalue weighted by Crippen LogP contribution is -2.17. The van der Waals surface area contributed by atoms with Gasteiger partial charge in [-0.15, -0.1) is 0 Å². The van der Waals surface area contributed by atoms with Gasteiger partial charge in [0.05, 0.1) is 23.9 Å². The van der Waals surface area contributed by atoms with Gasteiger partial charge in [-0.05, 0) is 77.9 Å². The molecule has 38 heavy (non-hydrogen) atoms. The van der Waals surface area contributed by atoms with Crippen molar-refractivity contribution in [2.24, 2.45) is 5.10 Å². The Morgan fingerprint density at radius 3 is 2.34 bits per heavy atom. The van der Waals surface area contributed by atoms with Gasteiger partial charge < -0.3 is 14.2 Å². The molecule has 4 aromatic rings. The van der Waals surface area contributed by atoms with Gasteiger partial charge in [-0.2, -0.15) is 5.10 Å². The smallest absolute Gasteiger partial charge is 0.345 e. The number of hydrazone groups is 1. The van der Waals surface area contributed by atoms with Crippen LogP contribution < -0.4 is 19.6 Å². The van der Waals surface area contributed by atoms with E-state index < -0.39 is 5.97 Å². The van der Waals surface area contributed by atoms with Crippen LogP contribution in [0.3, 0.4) is 0 Å². The summed E-state index contributed by atoms with van der Waals surface area (Å²) in [5, 5.41) is 4.95. The molecule has 0 spiro atoms. The van der Waals surface area contributed by atoms with E-state index in [1.807, 2.05) is 12.1 Å². The number of methoxy groups -OCH3 is 1. The fraction of sp³-hybridized carbons (Fsp3) is 0.0690. The number of ether oxygens (including phenoxy) is 3. The van der Waals surface area contributed by atoms with Crippen LogP contribution in [-0.4, -0.2) is 25.2 Å². The number of nitrogens with zero attached hydrogens (tertiary/aromatic N) is 1. The van der Waals surface area contributed by atoms with Crippen LogP contribution in [-0.2, 0) is 6.61 Å². The lowest BCUT2D eigenvalue weighted by atomic mass is 10.2. The fourth-order valence-electron chi connectivity index (χ4n) is 3.31. The molecule has 0 saturated heterocycles. The number of nitrogens with one attached hydrogen (secondary N) is 1. The molecular formula is C29H22Cl2N2O5. The number of carbonyl (C=O) groups is 2. The Morgan fingerprint density at radius 1 is 0.895 bits per heavy atom. The van der Waals surface area contributed by atoms with E-state index in [2.05, 4.69) is 10.5 Å². The predicted molar refractivity (Wildman–Crippen MR) is 147 cm³/mol. The van der Waals surface area contributed by atoms with Gasteiger partial charge in [0, 0.05) is 10.6 Å². The summed E-state index contributed by atoms with van der Waals surface area (Å²) in [5.74, 6) is 0.168. The third-order valence-corrected chi connectivity index (χ3v) is 5.88. The van der Waals surface area contributed by atoms with E-state index in [0.29, 0.717) is 34.3 Å². The van der Waals surface area contributed by atoms with Gasteiger partial charge in [0.25, 0.3) is 5.91 Å². The quantitative estimate of drug-likeness (QED) is 0.111. The van der Waals surface area contributed by atoms with Gasteiger partial charge in [0.15, 0.2) is 11.5 Å². The molecule has 0 unspecified atom stereocenters. The minimum Gasteiger partial charge on any atom is -0.493 e. The zero-order chi connectivity index (χ0) is 26.9. The van der Waals surface area contributed by atoms with Crippen molar-refractivity contribution < 1.29 is 23.8 Å². The molecule has 0 aliphatic carbocycles. The SMILES string of the molecule is COc1cc(C=NNC(=O)c2ccc(OCc3ccc(Cl)cc3)cc2)ccc1OC(=O)c1ccccc1Cl. The summed E-state index contributed by atoms with van der Waals surface area (Å²) >= 11 is 12.0. The molecule has 4 aromatic carbocycles. The second-order valence-electron chi connectivity index (χ2n) is 7.92. The lowest BCUT2D eigenvalue weighted by molar-refractivity contribution is 0.0729. The highest BCUT2D eigenvalue weighted by molar-refractivity contribution is 6.33. The summed E-state index contributed by atoms with van der Waals surface area (Å²) < 4.78 is 16.5. The van der Waals surface area contributed by atoms with E-state index in [4.69, 9.17) is 37.4 Å². The number of hydrogen-bond donors (Lipinski definition) is 1. The maximum atomic E-state index is 12.5. The summed E-state index contributed by atoms with van der Waals surface area (Å²) in [6.07, 6.45) is 1.45. The minimum atomic E-state index is -0.607. The molecule has 0 aliphatic heterocycles. The largest absolute Gasteiger partial charge is 0.493 e. The van der Waals surface area contributed by atoms with E-state index in [0.717, 1.165) is 5.56 Å². The molecule has 0 heterocycles. The first-order valence-electron chi connectivity index (χ1n) is 11.4. The van der Waals surface area contributed by atoms with Gasteiger partial charge in [-0.25, -0.2) is 10.2 Å². The lowest BCUT2D eigenvalue weighted by Gasteiger charge is -2.10. The van der Waals surface area contributed by atoms with E-state index in [9.17, 15) is 9.59 Å². The first kappa shape index (κ1) is 26.7. The number of carbonyl (C=O) groups excluding carboxylic acids is 2. The van der Waals surface area contributed by atoms with E-state index in [1.165, 1.54) is 13.3 Å². The molecule has 0 aromatic heterocycles. The van der Waals surface area contributed by atoms with Crippen molar-refractivity contribution >= 4 is 41.3 Å². The van der Waals surface area contributed by atoms with Gasteiger partial charge in [-0.3, -0.25) is 4.79 Å². The minimum absolute atomic E-state index is 0.219. The standard InChI is InChI=1S/C29H22Cl2N2O5/c1-36-27-16-20(8-15-26(27)38-29(35)24-4-2-3-5-25(24)31)17-32-33-28(34)21-9-13-23(14-10-21)37-18-19-6-11-22(30)12-7-19/h2-17H,18H2,1H3,(H,33,34). The van der Waals surface area contributed by atoms with Crippen LogP contribution in [0.25, 0.3) is 0 Å². The van der Waals surface area contributed by atoms with Gasteiger partial charge in [0.1, 0.15) is 12.4 Å². The van der Waals surface area contributed by atoms with E-state index >= 15 is 0 Å². The molecule has 0 bridgehead atoms. The van der Waals surface area contributed by atoms with Crippen LogP contribution >= 0.6 is 23.2 Å². The molecule has 1 amide bonds. The highest BCUT2D eigenvalue weighted by atomic mass is 35.5. The number of hydrogen-bond acceptors (Lipinski definition) is 6. The number of halogens is 2. The van der Waals surface area contributed by atoms with Crippen LogP contribution in [0.4, 0.5) is 0 Å². The molecular weight excluding hydrogens is 527 g/mol. The van der Waals surface area contributed by atoms with Crippen molar-refractivity contribution in [2.75, 3.05) is 7.11 Å². The fourth-order valence-corrected chi connectivity index (χ4v) is 3.65. The molecule has 7 nitrogen and oxygen atoms in total. The first-order valence-corrected chi connectivity index (χ1v) is 12.1. The second kappa shape index (κ2) is 12.8. The Morgan fingerprint density at radius 2 is 1.63 bits per heavy atom. The monoisotopic (exact) mass is 548 g/mol. The molecule has 0 atom stereocenters. The average molecular weight is 549 g/mol. The Hall–Kier alpha value is -4.33. The molecule has 1 N–H and O–H groups in total. The summed E-state index contributed by atoms with van der Waals surface area (Å²) in [7, 11) is 1.45. The van der Waals surface area contributed by atoms with E-state index in [1.54, 1.807) is 78.9 Å². The Kier molecular flexibility index (Phi) is 8.98. The van der Waals surface area contributed by atoms with Gasteiger partial charge >= 0.3 is 5.97 Å². The second-order valence-corrected chi connectivity index (χ2v) is 8.76. The van der Waals surface area contributed by atoms with Crippen LogP contribution in [0, 0.1) is 0 Å². The molecule has 192 valence electrons. The van der Waals surface area contributed by atoms with Crippen LogP contribution in [0.2, 0.25) is 10.0 Å². The predicted octanol–water partition coefficient (Wildman–Crippen LogP) is 6.56. The Balaban J connectivity index is 1.32. The third kappa shape index (κ3) is 7.12. The number of amides is 1. The van der Waals surface area contributed by atoms with Crippen molar-refractivity contribution in [3.63, 3.8) is 0 Å². The summed E-state index contributed by atoms with van der Waals surface area (Å²) in [5.41, 5.74) is 4.73.